The van der Waals surface area contributed by atoms with Crippen molar-refractivity contribution in [2.45, 2.75) is 32.6 Å². The number of ether oxygens (including phenoxy) is 1. The molecule has 2 aromatic rings. The van der Waals surface area contributed by atoms with Crippen LogP contribution in [-0.4, -0.2) is 24.1 Å². The predicted octanol–water partition coefficient (Wildman–Crippen LogP) is 4.09. The third-order valence-corrected chi connectivity index (χ3v) is 4.38. The van der Waals surface area contributed by atoms with Crippen LogP contribution in [0, 0.1) is 5.92 Å². The molecule has 0 aromatic heterocycles. The first-order chi connectivity index (χ1) is 12.4. The fourth-order valence-electron chi connectivity index (χ4n) is 2.71. The minimum atomic E-state index is -0.810. The average molecular weight is 355 g/mol. The molecule has 0 saturated heterocycles. The molecule has 2 atom stereocenters. The van der Waals surface area contributed by atoms with Crippen molar-refractivity contribution in [2.24, 2.45) is 5.92 Å². The van der Waals surface area contributed by atoms with Crippen LogP contribution in [0.2, 0.25) is 0 Å². The first-order valence-corrected chi connectivity index (χ1v) is 8.64. The number of amides is 1. The van der Waals surface area contributed by atoms with Crippen LogP contribution in [0.3, 0.4) is 0 Å². The lowest BCUT2D eigenvalue weighted by Crippen LogP contribution is -2.15. The van der Waals surface area contributed by atoms with Gasteiger partial charge in [0.05, 0.1) is 13.0 Å². The maximum absolute atomic E-state index is 12.3. The van der Waals surface area contributed by atoms with Crippen molar-refractivity contribution in [3.63, 3.8) is 0 Å². The molecule has 2 N–H and O–H groups in total. The number of methoxy groups -OCH3 is 1. The van der Waals surface area contributed by atoms with E-state index in [0.717, 1.165) is 16.9 Å². The van der Waals surface area contributed by atoms with Gasteiger partial charge in [-0.05, 0) is 47.7 Å². The number of nitrogens with one attached hydrogen (secondary N) is 1. The Bertz CT molecular complexity index is 738. The molecule has 0 aliphatic rings. The SMILES string of the molecule is COc1ccc(C(C)CC(=O)Nc2ccc(CC(C)C(=O)O)cc2)cc1. The van der Waals surface area contributed by atoms with E-state index in [9.17, 15) is 9.59 Å². The second kappa shape index (κ2) is 9.04. The van der Waals surface area contributed by atoms with Gasteiger partial charge in [0.15, 0.2) is 0 Å². The molecule has 0 aliphatic carbocycles. The number of hydrogen-bond donors (Lipinski definition) is 2. The van der Waals surface area contributed by atoms with Gasteiger partial charge in [0.25, 0.3) is 0 Å². The summed E-state index contributed by atoms with van der Waals surface area (Å²) in [5, 5.41) is 11.8. The number of aliphatic carboxylic acids is 1. The smallest absolute Gasteiger partial charge is 0.306 e. The molecule has 5 nitrogen and oxygen atoms in total. The molecule has 2 rings (SSSR count). The van der Waals surface area contributed by atoms with E-state index in [4.69, 9.17) is 9.84 Å². The summed E-state index contributed by atoms with van der Waals surface area (Å²) in [7, 11) is 1.62. The molecule has 0 bridgehead atoms. The van der Waals surface area contributed by atoms with Gasteiger partial charge in [0.2, 0.25) is 5.91 Å². The molecule has 0 spiro atoms. The summed E-state index contributed by atoms with van der Waals surface area (Å²) in [5.41, 5.74) is 2.73. The van der Waals surface area contributed by atoms with E-state index < -0.39 is 11.9 Å². The van der Waals surface area contributed by atoms with Crippen LogP contribution in [0.25, 0.3) is 0 Å². The van der Waals surface area contributed by atoms with E-state index in [1.165, 1.54) is 0 Å². The number of carboxylic acid groups (broad SMARTS) is 1. The van der Waals surface area contributed by atoms with Crippen molar-refractivity contribution in [1.82, 2.24) is 0 Å². The van der Waals surface area contributed by atoms with Gasteiger partial charge in [0, 0.05) is 12.1 Å². The summed E-state index contributed by atoms with van der Waals surface area (Å²) in [6.07, 6.45) is 0.849. The average Bonchev–Trinajstić information content (AvgIpc) is 2.63. The maximum Gasteiger partial charge on any atom is 0.306 e. The van der Waals surface area contributed by atoms with Gasteiger partial charge < -0.3 is 15.2 Å². The number of carbonyl (C=O) groups is 2. The molecule has 2 unspecified atom stereocenters. The van der Waals surface area contributed by atoms with Crippen molar-refractivity contribution in [1.29, 1.82) is 0 Å². The number of rotatable bonds is 8. The third kappa shape index (κ3) is 5.62. The van der Waals surface area contributed by atoms with E-state index in [1.807, 2.05) is 43.3 Å². The van der Waals surface area contributed by atoms with E-state index in [-0.39, 0.29) is 11.8 Å². The van der Waals surface area contributed by atoms with Gasteiger partial charge in [-0.15, -0.1) is 0 Å². The van der Waals surface area contributed by atoms with Crippen LogP contribution in [0.15, 0.2) is 48.5 Å². The van der Waals surface area contributed by atoms with Crippen molar-refractivity contribution in [2.75, 3.05) is 12.4 Å². The zero-order chi connectivity index (χ0) is 19.1. The van der Waals surface area contributed by atoms with Crippen LogP contribution in [0.1, 0.15) is 37.3 Å². The Kier molecular flexibility index (Phi) is 6.78. The molecule has 5 heteroatoms. The second-order valence-corrected chi connectivity index (χ2v) is 6.57. The van der Waals surface area contributed by atoms with Crippen LogP contribution >= 0.6 is 0 Å². The highest BCUT2D eigenvalue weighted by Gasteiger charge is 2.13. The molecular weight excluding hydrogens is 330 g/mol. The van der Waals surface area contributed by atoms with E-state index in [0.29, 0.717) is 18.5 Å². The number of carboxylic acids is 1. The zero-order valence-electron chi connectivity index (χ0n) is 15.4. The Morgan fingerprint density at radius 3 is 2.19 bits per heavy atom. The van der Waals surface area contributed by atoms with E-state index >= 15 is 0 Å². The van der Waals surface area contributed by atoms with Gasteiger partial charge in [-0.2, -0.15) is 0 Å². The van der Waals surface area contributed by atoms with Gasteiger partial charge in [-0.1, -0.05) is 38.1 Å². The van der Waals surface area contributed by atoms with Gasteiger partial charge in [-0.25, -0.2) is 0 Å². The Balaban J connectivity index is 1.89. The van der Waals surface area contributed by atoms with Crippen molar-refractivity contribution >= 4 is 17.6 Å². The lowest BCUT2D eigenvalue weighted by molar-refractivity contribution is -0.141. The molecule has 2 aromatic carbocycles. The minimum absolute atomic E-state index is 0.0556. The van der Waals surface area contributed by atoms with Crippen molar-refractivity contribution < 1.29 is 19.4 Å². The molecule has 0 fully saturated rings. The van der Waals surface area contributed by atoms with Crippen LogP contribution in [0.4, 0.5) is 5.69 Å². The normalized spacial score (nSPS) is 12.9. The summed E-state index contributed by atoms with van der Waals surface area (Å²) in [4.78, 5) is 23.2. The maximum atomic E-state index is 12.3. The molecule has 138 valence electrons. The molecule has 0 radical (unpaired) electrons. The first-order valence-electron chi connectivity index (χ1n) is 8.64. The number of carbonyl (C=O) groups excluding carboxylic acids is 1. The van der Waals surface area contributed by atoms with Crippen LogP contribution in [-0.2, 0) is 16.0 Å². The van der Waals surface area contributed by atoms with Gasteiger partial charge in [-0.3, -0.25) is 9.59 Å². The quantitative estimate of drug-likeness (QED) is 0.748. The summed E-state index contributed by atoms with van der Waals surface area (Å²) >= 11 is 0. The topological polar surface area (TPSA) is 75.6 Å². The fraction of sp³-hybridized carbons (Fsp3) is 0.333. The van der Waals surface area contributed by atoms with Gasteiger partial charge in [0.1, 0.15) is 5.75 Å². The van der Waals surface area contributed by atoms with E-state index in [1.54, 1.807) is 26.2 Å². The van der Waals surface area contributed by atoms with Crippen molar-refractivity contribution in [3.8, 4) is 5.75 Å². The highest BCUT2D eigenvalue weighted by molar-refractivity contribution is 5.91. The largest absolute Gasteiger partial charge is 0.497 e. The molecular formula is C21H25NO4. The third-order valence-electron chi connectivity index (χ3n) is 4.38. The highest BCUT2D eigenvalue weighted by atomic mass is 16.5. The predicted molar refractivity (Wildman–Crippen MR) is 102 cm³/mol. The molecule has 0 aliphatic heterocycles. The van der Waals surface area contributed by atoms with Crippen molar-refractivity contribution in [3.05, 3.63) is 59.7 Å². The first kappa shape index (κ1) is 19.5. The monoisotopic (exact) mass is 355 g/mol. The number of hydrogen-bond acceptors (Lipinski definition) is 3. The summed E-state index contributed by atoms with van der Waals surface area (Å²) in [5.74, 6) is -0.407. The Hall–Kier alpha value is -2.82. The fourth-order valence-corrected chi connectivity index (χ4v) is 2.71. The Labute approximate surface area is 154 Å². The molecule has 0 heterocycles. The highest BCUT2D eigenvalue weighted by Crippen LogP contribution is 2.22. The molecule has 1 amide bonds. The van der Waals surface area contributed by atoms with Gasteiger partial charge >= 0.3 is 5.97 Å². The summed E-state index contributed by atoms with van der Waals surface area (Å²) in [6.45, 7) is 3.69. The Morgan fingerprint density at radius 1 is 1.04 bits per heavy atom. The zero-order valence-corrected chi connectivity index (χ0v) is 15.4. The Morgan fingerprint density at radius 2 is 1.65 bits per heavy atom. The van der Waals surface area contributed by atoms with Crippen LogP contribution in [0.5, 0.6) is 5.75 Å². The summed E-state index contributed by atoms with van der Waals surface area (Å²) in [6, 6.07) is 15.0. The number of benzene rings is 2. The lowest BCUT2D eigenvalue weighted by Gasteiger charge is -2.13. The van der Waals surface area contributed by atoms with E-state index in [2.05, 4.69) is 5.32 Å². The second-order valence-electron chi connectivity index (χ2n) is 6.57. The minimum Gasteiger partial charge on any atom is -0.497 e. The molecule has 26 heavy (non-hydrogen) atoms. The number of anilines is 1. The van der Waals surface area contributed by atoms with Crippen LogP contribution < -0.4 is 10.1 Å². The molecule has 0 saturated carbocycles. The standard InChI is InChI=1S/C21H25NO4/c1-14(17-6-10-19(26-3)11-7-17)13-20(23)22-18-8-4-16(5-9-18)12-15(2)21(24)25/h4-11,14-15H,12-13H2,1-3H3,(H,22,23)(H,24,25). The summed E-state index contributed by atoms with van der Waals surface area (Å²) < 4.78 is 5.14. The lowest BCUT2D eigenvalue weighted by atomic mass is 9.97.